The van der Waals surface area contributed by atoms with Crippen molar-refractivity contribution in [1.29, 1.82) is 0 Å². The van der Waals surface area contributed by atoms with E-state index in [0.717, 1.165) is 17.1 Å². The first-order valence-corrected chi connectivity index (χ1v) is 22.8. The zero-order chi connectivity index (χ0) is 43.5. The van der Waals surface area contributed by atoms with Crippen LogP contribution in [0.1, 0.15) is 91.6 Å². The number of allylic oxidation sites excluding steroid dienone is 3. The predicted octanol–water partition coefficient (Wildman–Crippen LogP) is 17.1. The molecule has 0 atom stereocenters. The van der Waals surface area contributed by atoms with E-state index < -0.39 is 0 Å². The van der Waals surface area contributed by atoms with Crippen molar-refractivity contribution >= 4 is 84.3 Å². The molecule has 9 aromatic rings. The van der Waals surface area contributed by atoms with Crippen molar-refractivity contribution in [3.05, 3.63) is 232 Å². The molecule has 0 unspecified atom stereocenters. The number of benzene rings is 9. The summed E-state index contributed by atoms with van der Waals surface area (Å²) in [6.45, 7) is 14.2. The molecule has 0 amide bonds. The molecule has 3 aliphatic carbocycles. The summed E-state index contributed by atoms with van der Waals surface area (Å²) in [5.41, 5.74) is 19.1. The Kier molecular flexibility index (Phi) is 8.35. The SMILES string of the molecule is CC1(C)C(c2ccc(N(c3ccc(C4=Cc5c(ccc6ccccc56)C4(C)C)cc3)c3ccc(C4=Cc5c(ccc6ccccc56)C4(C)C)cc3)cc2)=Cc2c1ccc1ccccc21. The molecule has 0 bridgehead atoms. The van der Waals surface area contributed by atoms with E-state index >= 15 is 0 Å². The number of hydrogen-bond donors (Lipinski definition) is 0. The van der Waals surface area contributed by atoms with Crippen molar-refractivity contribution in [2.75, 3.05) is 4.90 Å². The normalized spacial score (nSPS) is 16.3. The first-order chi connectivity index (χ1) is 31.0. The van der Waals surface area contributed by atoms with Crippen molar-refractivity contribution in [2.24, 2.45) is 0 Å². The first kappa shape index (κ1) is 38.5. The number of hydrogen-bond acceptors (Lipinski definition) is 1. The quantitative estimate of drug-likeness (QED) is 0.161. The third-order valence-corrected chi connectivity index (χ3v) is 15.1. The molecule has 0 fully saturated rings. The van der Waals surface area contributed by atoms with Gasteiger partial charge in [0.05, 0.1) is 0 Å². The fraction of sp³-hybridized carbons (Fsp3) is 0.143. The third-order valence-electron chi connectivity index (χ3n) is 15.1. The van der Waals surface area contributed by atoms with Crippen molar-refractivity contribution in [3.63, 3.8) is 0 Å². The fourth-order valence-electron chi connectivity index (χ4n) is 11.5. The number of nitrogens with zero attached hydrogens (tertiary/aromatic N) is 1. The van der Waals surface area contributed by atoms with E-state index in [2.05, 4.69) is 247 Å². The molecular weight excluding hydrogens is 771 g/mol. The Morgan fingerprint density at radius 2 is 0.547 bits per heavy atom. The lowest BCUT2D eigenvalue weighted by Gasteiger charge is -2.29. The Morgan fingerprint density at radius 1 is 0.281 bits per heavy atom. The lowest BCUT2D eigenvalue weighted by molar-refractivity contribution is 0.705. The van der Waals surface area contributed by atoms with E-state index in [1.54, 1.807) is 0 Å². The van der Waals surface area contributed by atoms with Crippen LogP contribution >= 0.6 is 0 Å². The summed E-state index contributed by atoms with van der Waals surface area (Å²) >= 11 is 0. The first-order valence-electron chi connectivity index (χ1n) is 22.8. The van der Waals surface area contributed by atoms with Gasteiger partial charge in [-0.15, -0.1) is 0 Å². The minimum absolute atomic E-state index is 0.116. The fourth-order valence-corrected chi connectivity index (χ4v) is 11.5. The van der Waals surface area contributed by atoms with Crippen LogP contribution in [0.25, 0.3) is 67.3 Å². The molecule has 0 radical (unpaired) electrons. The molecule has 0 heterocycles. The summed E-state index contributed by atoms with van der Waals surface area (Å²) in [4.78, 5) is 2.42. The average molecular weight is 822 g/mol. The maximum Gasteiger partial charge on any atom is 0.0462 e. The lowest BCUT2D eigenvalue weighted by atomic mass is 9.78. The third kappa shape index (κ3) is 5.70. The second kappa shape index (κ2) is 13.9. The van der Waals surface area contributed by atoms with Crippen LogP contribution in [0.4, 0.5) is 17.1 Å². The van der Waals surface area contributed by atoms with Gasteiger partial charge in [0.15, 0.2) is 0 Å². The average Bonchev–Trinajstić information content (AvgIpc) is 3.88. The van der Waals surface area contributed by atoms with E-state index in [-0.39, 0.29) is 16.2 Å². The molecule has 0 saturated heterocycles. The van der Waals surface area contributed by atoms with Gasteiger partial charge in [0.25, 0.3) is 0 Å². The summed E-state index contributed by atoms with van der Waals surface area (Å²) in [5, 5.41) is 7.82. The molecule has 3 aliphatic rings. The Labute approximate surface area is 377 Å². The van der Waals surface area contributed by atoms with Crippen LogP contribution in [0.3, 0.4) is 0 Å². The van der Waals surface area contributed by atoms with Crippen LogP contribution in [-0.4, -0.2) is 0 Å². The highest BCUT2D eigenvalue weighted by molar-refractivity contribution is 6.06. The monoisotopic (exact) mass is 821 g/mol. The van der Waals surface area contributed by atoms with Gasteiger partial charge in [0.1, 0.15) is 0 Å². The highest BCUT2D eigenvalue weighted by Crippen LogP contribution is 2.52. The summed E-state index contributed by atoms with van der Waals surface area (Å²) in [5.74, 6) is 0. The van der Waals surface area contributed by atoms with E-state index in [4.69, 9.17) is 0 Å². The molecular formula is C63H51N. The Balaban J connectivity index is 0.934. The van der Waals surface area contributed by atoms with Gasteiger partial charge in [-0.2, -0.15) is 0 Å². The van der Waals surface area contributed by atoms with E-state index in [1.807, 2.05) is 0 Å². The van der Waals surface area contributed by atoms with Gasteiger partial charge >= 0.3 is 0 Å². The van der Waals surface area contributed by atoms with Gasteiger partial charge in [-0.1, -0.05) is 187 Å². The van der Waals surface area contributed by atoms with Crippen molar-refractivity contribution in [1.82, 2.24) is 0 Å². The molecule has 9 aromatic carbocycles. The molecule has 1 heteroatoms. The van der Waals surface area contributed by atoms with Gasteiger partial charge in [0, 0.05) is 33.3 Å². The Bertz CT molecular complexity index is 3110. The second-order valence-corrected chi connectivity index (χ2v) is 19.8. The molecule has 0 aromatic heterocycles. The van der Waals surface area contributed by atoms with Crippen LogP contribution in [-0.2, 0) is 16.2 Å². The highest BCUT2D eigenvalue weighted by atomic mass is 15.1. The number of anilines is 3. The maximum atomic E-state index is 2.43. The maximum absolute atomic E-state index is 2.43. The predicted molar refractivity (Wildman–Crippen MR) is 276 cm³/mol. The summed E-state index contributed by atoms with van der Waals surface area (Å²) in [6, 6.07) is 67.9. The summed E-state index contributed by atoms with van der Waals surface area (Å²) < 4.78 is 0. The van der Waals surface area contributed by atoms with Crippen LogP contribution in [0.15, 0.2) is 182 Å². The molecule has 1 nitrogen and oxygen atoms in total. The topological polar surface area (TPSA) is 3.24 Å². The minimum atomic E-state index is -0.116. The Morgan fingerprint density at radius 3 is 0.828 bits per heavy atom. The summed E-state index contributed by atoms with van der Waals surface area (Å²) in [6.07, 6.45) is 7.30. The van der Waals surface area contributed by atoms with Crippen LogP contribution in [0, 0.1) is 0 Å². The minimum Gasteiger partial charge on any atom is -0.311 e. The molecule has 308 valence electrons. The van der Waals surface area contributed by atoms with E-state index in [9.17, 15) is 0 Å². The number of rotatable bonds is 6. The van der Waals surface area contributed by atoms with Crippen LogP contribution in [0.2, 0.25) is 0 Å². The molecule has 0 spiro atoms. The molecule has 0 N–H and O–H groups in total. The standard InChI is InChI=1S/C63H51N/c1-61(2)55-34-25-40-13-7-10-16-49(40)52(55)37-58(61)43-19-28-46(29-20-43)64(47-30-21-44(22-31-47)59-38-53-50-17-11-8-14-41(50)26-35-56(53)62(59,3)4)48-32-23-45(24-33-48)60-39-54-51-18-12-9-15-42(51)27-36-57(54)63(60,5)6/h7-39H,1-6H3. The van der Waals surface area contributed by atoms with E-state index in [0.29, 0.717) is 0 Å². The molecule has 12 rings (SSSR count). The van der Waals surface area contributed by atoms with Gasteiger partial charge in [-0.25, -0.2) is 0 Å². The summed E-state index contributed by atoms with van der Waals surface area (Å²) in [7, 11) is 0. The van der Waals surface area contributed by atoms with Gasteiger partial charge in [-0.3, -0.25) is 0 Å². The largest absolute Gasteiger partial charge is 0.311 e. The Hall–Kier alpha value is -7.22. The lowest BCUT2D eigenvalue weighted by Crippen LogP contribution is -2.17. The van der Waals surface area contributed by atoms with Crippen LogP contribution < -0.4 is 4.90 Å². The van der Waals surface area contributed by atoms with Crippen LogP contribution in [0.5, 0.6) is 0 Å². The molecule has 0 aliphatic heterocycles. The smallest absolute Gasteiger partial charge is 0.0462 e. The van der Waals surface area contributed by atoms with Crippen molar-refractivity contribution < 1.29 is 0 Å². The molecule has 64 heavy (non-hydrogen) atoms. The van der Waals surface area contributed by atoms with Gasteiger partial charge in [0.2, 0.25) is 0 Å². The second-order valence-electron chi connectivity index (χ2n) is 19.8. The highest BCUT2D eigenvalue weighted by Gasteiger charge is 2.37. The van der Waals surface area contributed by atoms with Gasteiger partial charge < -0.3 is 4.90 Å². The zero-order valence-electron chi connectivity index (χ0n) is 37.5. The van der Waals surface area contributed by atoms with Crippen molar-refractivity contribution in [3.8, 4) is 0 Å². The van der Waals surface area contributed by atoms with Gasteiger partial charge in [-0.05, 0) is 154 Å². The molecule has 0 saturated carbocycles. The van der Waals surface area contributed by atoms with E-state index in [1.165, 1.54) is 99.1 Å². The van der Waals surface area contributed by atoms with Crippen molar-refractivity contribution in [2.45, 2.75) is 57.8 Å². The zero-order valence-corrected chi connectivity index (χ0v) is 37.5. The number of fused-ring (bicyclic) bond motifs is 9.